The van der Waals surface area contributed by atoms with E-state index in [1.807, 2.05) is 24.3 Å². The topological polar surface area (TPSA) is 59.9 Å². The fraction of sp³-hybridized carbons (Fsp3) is 0.312. The molecule has 0 aliphatic carbocycles. The number of fused-ring (bicyclic) bond motifs is 2. The standard InChI is InChI=1S/C16H18N4OS/c21-10-11-9-12-15(20-7-5-17-6-8-20)18-13-3-1-2-4-14(13)19-16(12)22-11/h1-4,9,17,19,21H,5-8,10H2. The number of piperazine rings is 1. The molecule has 0 spiro atoms. The van der Waals surface area contributed by atoms with Crippen molar-refractivity contribution in [2.75, 3.05) is 31.5 Å². The Morgan fingerprint density at radius 3 is 2.86 bits per heavy atom. The molecule has 6 heteroatoms. The number of para-hydroxylation sites is 2. The molecule has 0 radical (unpaired) electrons. The normalized spacial score (nSPS) is 17.1. The van der Waals surface area contributed by atoms with Gasteiger partial charge in [-0.2, -0.15) is 0 Å². The molecule has 1 aromatic heterocycles. The molecule has 0 saturated carbocycles. The minimum absolute atomic E-state index is 0.0653. The summed E-state index contributed by atoms with van der Waals surface area (Å²) in [5, 5.41) is 17.4. The van der Waals surface area contributed by atoms with E-state index in [9.17, 15) is 5.11 Å². The number of aliphatic imine (C=N–C) groups is 1. The molecule has 1 aromatic carbocycles. The zero-order valence-corrected chi connectivity index (χ0v) is 13.0. The zero-order chi connectivity index (χ0) is 14.9. The first-order chi connectivity index (χ1) is 10.8. The number of hydrogen-bond donors (Lipinski definition) is 3. The quantitative estimate of drug-likeness (QED) is 0.756. The van der Waals surface area contributed by atoms with Crippen LogP contribution in [0.2, 0.25) is 0 Å². The summed E-state index contributed by atoms with van der Waals surface area (Å²) in [5.74, 6) is 1.00. The molecule has 0 bridgehead atoms. The average Bonchev–Trinajstić information content (AvgIpc) is 2.91. The van der Waals surface area contributed by atoms with E-state index in [0.717, 1.165) is 58.8 Å². The lowest BCUT2D eigenvalue weighted by atomic mass is 10.2. The van der Waals surface area contributed by atoms with Crippen molar-refractivity contribution in [3.8, 4) is 0 Å². The van der Waals surface area contributed by atoms with Crippen LogP contribution in [0.3, 0.4) is 0 Å². The molecule has 3 heterocycles. The van der Waals surface area contributed by atoms with Crippen LogP contribution in [0.1, 0.15) is 10.4 Å². The maximum Gasteiger partial charge on any atom is 0.139 e. The maximum atomic E-state index is 9.47. The van der Waals surface area contributed by atoms with Crippen LogP contribution in [0.4, 0.5) is 16.4 Å². The minimum atomic E-state index is 0.0653. The minimum Gasteiger partial charge on any atom is -0.391 e. The van der Waals surface area contributed by atoms with E-state index in [1.54, 1.807) is 11.3 Å². The first kappa shape index (κ1) is 13.8. The van der Waals surface area contributed by atoms with Gasteiger partial charge in [-0.1, -0.05) is 12.1 Å². The van der Waals surface area contributed by atoms with E-state index >= 15 is 0 Å². The number of aliphatic hydroxyl groups excluding tert-OH is 1. The van der Waals surface area contributed by atoms with Gasteiger partial charge >= 0.3 is 0 Å². The van der Waals surface area contributed by atoms with Crippen LogP contribution in [0.25, 0.3) is 0 Å². The van der Waals surface area contributed by atoms with Crippen LogP contribution >= 0.6 is 11.3 Å². The van der Waals surface area contributed by atoms with Crippen molar-refractivity contribution in [3.63, 3.8) is 0 Å². The molecule has 1 fully saturated rings. The van der Waals surface area contributed by atoms with Crippen LogP contribution in [0, 0.1) is 0 Å². The highest BCUT2D eigenvalue weighted by Crippen LogP contribution is 2.39. The van der Waals surface area contributed by atoms with Gasteiger partial charge in [0, 0.05) is 31.1 Å². The van der Waals surface area contributed by atoms with Gasteiger partial charge in [-0.25, -0.2) is 4.99 Å². The predicted octanol–water partition coefficient (Wildman–Crippen LogP) is 2.28. The van der Waals surface area contributed by atoms with Crippen molar-refractivity contribution in [2.24, 2.45) is 4.99 Å². The summed E-state index contributed by atoms with van der Waals surface area (Å²) in [7, 11) is 0. The Labute approximate surface area is 133 Å². The molecule has 2 aliphatic heterocycles. The number of amidine groups is 1. The Morgan fingerprint density at radius 2 is 2.05 bits per heavy atom. The van der Waals surface area contributed by atoms with Gasteiger partial charge in [0.1, 0.15) is 10.8 Å². The Morgan fingerprint density at radius 1 is 1.23 bits per heavy atom. The summed E-state index contributed by atoms with van der Waals surface area (Å²) >= 11 is 1.60. The summed E-state index contributed by atoms with van der Waals surface area (Å²) in [5.41, 5.74) is 3.07. The predicted molar refractivity (Wildman–Crippen MR) is 90.6 cm³/mol. The molecule has 0 atom stereocenters. The van der Waals surface area contributed by atoms with Gasteiger partial charge in [0.15, 0.2) is 0 Å². The second-order valence-corrected chi connectivity index (χ2v) is 6.56. The molecule has 0 unspecified atom stereocenters. The molecule has 0 amide bonds. The number of nitrogens with zero attached hydrogens (tertiary/aromatic N) is 2. The lowest BCUT2D eigenvalue weighted by Crippen LogP contribution is -2.46. The Balaban J connectivity index is 1.85. The van der Waals surface area contributed by atoms with Gasteiger partial charge in [-0.05, 0) is 18.2 Å². The molecule has 114 valence electrons. The van der Waals surface area contributed by atoms with Gasteiger partial charge in [0.2, 0.25) is 0 Å². The van der Waals surface area contributed by atoms with Crippen molar-refractivity contribution >= 4 is 33.5 Å². The number of benzene rings is 1. The average molecular weight is 314 g/mol. The lowest BCUT2D eigenvalue weighted by Gasteiger charge is -2.30. The van der Waals surface area contributed by atoms with Gasteiger partial charge < -0.3 is 20.6 Å². The Bertz CT molecular complexity index is 719. The first-order valence-electron chi connectivity index (χ1n) is 7.49. The van der Waals surface area contributed by atoms with Crippen molar-refractivity contribution < 1.29 is 5.11 Å². The third-order valence-corrected chi connectivity index (χ3v) is 5.01. The van der Waals surface area contributed by atoms with Crippen LogP contribution in [-0.4, -0.2) is 42.0 Å². The van der Waals surface area contributed by atoms with E-state index in [-0.39, 0.29) is 6.61 Å². The summed E-state index contributed by atoms with van der Waals surface area (Å²) in [6.45, 7) is 3.91. The maximum absolute atomic E-state index is 9.47. The Kier molecular flexibility index (Phi) is 3.57. The summed E-state index contributed by atoms with van der Waals surface area (Å²) in [6.07, 6.45) is 0. The summed E-state index contributed by atoms with van der Waals surface area (Å²) in [4.78, 5) is 8.21. The van der Waals surface area contributed by atoms with Crippen molar-refractivity contribution in [3.05, 3.63) is 40.8 Å². The van der Waals surface area contributed by atoms with Gasteiger partial charge in [0.05, 0.1) is 23.5 Å². The zero-order valence-electron chi connectivity index (χ0n) is 12.2. The highest BCUT2D eigenvalue weighted by atomic mass is 32.1. The third kappa shape index (κ3) is 2.39. The number of rotatable bonds is 1. The number of anilines is 2. The van der Waals surface area contributed by atoms with Crippen LogP contribution in [0.15, 0.2) is 35.3 Å². The van der Waals surface area contributed by atoms with E-state index < -0.39 is 0 Å². The summed E-state index contributed by atoms with van der Waals surface area (Å²) in [6, 6.07) is 10.2. The lowest BCUT2D eigenvalue weighted by molar-refractivity contribution is 0.285. The first-order valence-corrected chi connectivity index (χ1v) is 8.31. The van der Waals surface area contributed by atoms with Crippen LogP contribution in [0.5, 0.6) is 0 Å². The molecular weight excluding hydrogens is 296 g/mol. The fourth-order valence-electron chi connectivity index (χ4n) is 2.87. The second-order valence-electron chi connectivity index (χ2n) is 5.43. The smallest absolute Gasteiger partial charge is 0.139 e. The number of nitrogens with one attached hydrogen (secondary N) is 2. The van der Waals surface area contributed by atoms with E-state index in [4.69, 9.17) is 4.99 Å². The molecule has 2 aliphatic rings. The largest absolute Gasteiger partial charge is 0.391 e. The second kappa shape index (κ2) is 5.72. The van der Waals surface area contributed by atoms with E-state index in [1.165, 1.54) is 0 Å². The molecular formula is C16H18N4OS. The highest BCUT2D eigenvalue weighted by Gasteiger charge is 2.24. The fourth-order valence-corrected chi connectivity index (χ4v) is 3.79. The summed E-state index contributed by atoms with van der Waals surface area (Å²) < 4.78 is 0. The third-order valence-electron chi connectivity index (χ3n) is 3.97. The van der Waals surface area contributed by atoms with Gasteiger partial charge in [-0.3, -0.25) is 0 Å². The molecule has 3 N–H and O–H groups in total. The number of thiophene rings is 1. The molecule has 1 saturated heterocycles. The molecule has 22 heavy (non-hydrogen) atoms. The van der Waals surface area contributed by atoms with E-state index in [0.29, 0.717) is 0 Å². The van der Waals surface area contributed by atoms with Crippen molar-refractivity contribution in [1.82, 2.24) is 10.2 Å². The highest BCUT2D eigenvalue weighted by molar-refractivity contribution is 7.16. The number of hydrogen-bond acceptors (Lipinski definition) is 6. The SMILES string of the molecule is OCc1cc2c(s1)Nc1ccccc1N=C2N1CCNCC1. The molecule has 5 nitrogen and oxygen atoms in total. The van der Waals surface area contributed by atoms with Crippen LogP contribution in [-0.2, 0) is 6.61 Å². The van der Waals surface area contributed by atoms with Gasteiger partial charge in [-0.15, -0.1) is 11.3 Å². The molecule has 4 rings (SSSR count). The monoisotopic (exact) mass is 314 g/mol. The number of aliphatic hydroxyl groups is 1. The van der Waals surface area contributed by atoms with Crippen LogP contribution < -0.4 is 10.6 Å². The Hall–Kier alpha value is -1.89. The molecule has 2 aromatic rings. The van der Waals surface area contributed by atoms with Crippen molar-refractivity contribution in [1.29, 1.82) is 0 Å². The van der Waals surface area contributed by atoms with Gasteiger partial charge in [0.25, 0.3) is 0 Å². The van der Waals surface area contributed by atoms with E-state index in [2.05, 4.69) is 21.6 Å². The van der Waals surface area contributed by atoms with Crippen molar-refractivity contribution in [2.45, 2.75) is 6.61 Å².